The number of thiazole rings is 1. The Hall–Kier alpha value is -1.72. The van der Waals surface area contributed by atoms with E-state index in [1.807, 2.05) is 25.1 Å². The molecule has 0 bridgehead atoms. The SMILES string of the molecule is CCc1nc(CCNCc2ccccc2)sc1C(=O)O. The van der Waals surface area contributed by atoms with Crippen LogP contribution in [-0.2, 0) is 19.4 Å². The van der Waals surface area contributed by atoms with Gasteiger partial charge in [-0.25, -0.2) is 9.78 Å². The van der Waals surface area contributed by atoms with Crippen molar-refractivity contribution >= 4 is 17.3 Å². The number of aromatic carboxylic acids is 1. The maximum absolute atomic E-state index is 11.1. The predicted molar refractivity (Wildman–Crippen MR) is 80.3 cm³/mol. The zero-order valence-corrected chi connectivity index (χ0v) is 12.2. The Kier molecular flexibility index (Phi) is 5.26. The van der Waals surface area contributed by atoms with Crippen LogP contribution in [-0.4, -0.2) is 22.6 Å². The lowest BCUT2D eigenvalue weighted by molar-refractivity contribution is 0.0701. The number of aryl methyl sites for hydroxylation is 1. The van der Waals surface area contributed by atoms with E-state index in [4.69, 9.17) is 5.11 Å². The summed E-state index contributed by atoms with van der Waals surface area (Å²) < 4.78 is 0. The van der Waals surface area contributed by atoms with Crippen LogP contribution < -0.4 is 5.32 Å². The largest absolute Gasteiger partial charge is 0.477 e. The molecular formula is C15H18N2O2S. The van der Waals surface area contributed by atoms with E-state index in [0.717, 1.165) is 24.5 Å². The fraction of sp³-hybridized carbons (Fsp3) is 0.333. The Morgan fingerprint density at radius 1 is 1.35 bits per heavy atom. The molecule has 1 aromatic carbocycles. The van der Waals surface area contributed by atoms with Gasteiger partial charge in [0.05, 0.1) is 10.7 Å². The topological polar surface area (TPSA) is 62.2 Å². The van der Waals surface area contributed by atoms with Crippen LogP contribution in [0.1, 0.15) is 32.9 Å². The molecule has 0 atom stereocenters. The van der Waals surface area contributed by atoms with Crippen molar-refractivity contribution in [1.29, 1.82) is 0 Å². The van der Waals surface area contributed by atoms with Crippen molar-refractivity contribution in [2.24, 2.45) is 0 Å². The summed E-state index contributed by atoms with van der Waals surface area (Å²) in [6, 6.07) is 10.2. The molecule has 0 spiro atoms. The lowest BCUT2D eigenvalue weighted by atomic mass is 10.2. The van der Waals surface area contributed by atoms with Gasteiger partial charge in [-0.1, -0.05) is 37.3 Å². The molecule has 2 N–H and O–H groups in total. The van der Waals surface area contributed by atoms with E-state index < -0.39 is 5.97 Å². The fourth-order valence-electron chi connectivity index (χ4n) is 1.94. The molecule has 2 rings (SSSR count). The highest BCUT2D eigenvalue weighted by molar-refractivity contribution is 7.13. The number of aromatic nitrogens is 1. The van der Waals surface area contributed by atoms with Gasteiger partial charge in [-0.3, -0.25) is 0 Å². The van der Waals surface area contributed by atoms with Gasteiger partial charge in [0.15, 0.2) is 0 Å². The maximum Gasteiger partial charge on any atom is 0.347 e. The van der Waals surface area contributed by atoms with Crippen molar-refractivity contribution in [3.8, 4) is 0 Å². The van der Waals surface area contributed by atoms with Crippen molar-refractivity contribution in [2.45, 2.75) is 26.3 Å². The number of hydrogen-bond donors (Lipinski definition) is 2. The summed E-state index contributed by atoms with van der Waals surface area (Å²) in [5.74, 6) is -0.872. The van der Waals surface area contributed by atoms with Crippen LogP contribution in [0.25, 0.3) is 0 Å². The highest BCUT2D eigenvalue weighted by atomic mass is 32.1. The smallest absolute Gasteiger partial charge is 0.347 e. The molecule has 0 aliphatic heterocycles. The van der Waals surface area contributed by atoms with Gasteiger partial charge in [0.1, 0.15) is 4.88 Å². The van der Waals surface area contributed by atoms with Crippen molar-refractivity contribution in [2.75, 3.05) is 6.54 Å². The molecule has 20 heavy (non-hydrogen) atoms. The van der Waals surface area contributed by atoms with Gasteiger partial charge in [0.2, 0.25) is 0 Å². The third-order valence-corrected chi connectivity index (χ3v) is 4.10. The number of rotatable bonds is 7. The average molecular weight is 290 g/mol. The van der Waals surface area contributed by atoms with Gasteiger partial charge < -0.3 is 10.4 Å². The molecular weight excluding hydrogens is 272 g/mol. The van der Waals surface area contributed by atoms with E-state index >= 15 is 0 Å². The molecule has 1 heterocycles. The van der Waals surface area contributed by atoms with E-state index in [2.05, 4.69) is 22.4 Å². The van der Waals surface area contributed by atoms with Crippen molar-refractivity contribution in [3.05, 3.63) is 51.5 Å². The van der Waals surface area contributed by atoms with Gasteiger partial charge in [0.25, 0.3) is 0 Å². The highest BCUT2D eigenvalue weighted by Crippen LogP contribution is 2.19. The summed E-state index contributed by atoms with van der Waals surface area (Å²) in [7, 11) is 0. The van der Waals surface area contributed by atoms with Crippen molar-refractivity contribution in [3.63, 3.8) is 0 Å². The molecule has 0 saturated heterocycles. The molecule has 4 nitrogen and oxygen atoms in total. The molecule has 0 radical (unpaired) electrons. The normalized spacial score (nSPS) is 10.7. The number of carboxylic acid groups (broad SMARTS) is 1. The number of carbonyl (C=O) groups is 1. The number of nitrogens with one attached hydrogen (secondary N) is 1. The van der Waals surface area contributed by atoms with Gasteiger partial charge >= 0.3 is 5.97 Å². The van der Waals surface area contributed by atoms with E-state index in [0.29, 0.717) is 17.0 Å². The molecule has 0 fully saturated rings. The molecule has 0 aliphatic carbocycles. The lowest BCUT2D eigenvalue weighted by Crippen LogP contribution is -2.16. The van der Waals surface area contributed by atoms with Gasteiger partial charge in [-0.05, 0) is 12.0 Å². The minimum Gasteiger partial charge on any atom is -0.477 e. The summed E-state index contributed by atoms with van der Waals surface area (Å²) in [5.41, 5.74) is 1.94. The summed E-state index contributed by atoms with van der Waals surface area (Å²) >= 11 is 1.29. The third-order valence-electron chi connectivity index (χ3n) is 2.96. The van der Waals surface area contributed by atoms with E-state index in [1.54, 1.807) is 0 Å². The Bertz CT molecular complexity index is 567. The molecule has 2 aromatic rings. The highest BCUT2D eigenvalue weighted by Gasteiger charge is 2.15. The van der Waals surface area contributed by atoms with Crippen LogP contribution in [0.4, 0.5) is 0 Å². The Morgan fingerprint density at radius 3 is 2.70 bits per heavy atom. The first kappa shape index (κ1) is 14.7. The second-order valence-corrected chi connectivity index (χ2v) is 5.54. The summed E-state index contributed by atoms with van der Waals surface area (Å²) in [5, 5.41) is 13.3. The van der Waals surface area contributed by atoms with Crippen LogP contribution in [0, 0.1) is 0 Å². The predicted octanol–water partition coefficient (Wildman–Crippen LogP) is 2.74. The van der Waals surface area contributed by atoms with E-state index in [1.165, 1.54) is 16.9 Å². The van der Waals surface area contributed by atoms with Crippen LogP contribution in [0.3, 0.4) is 0 Å². The molecule has 0 aliphatic rings. The first-order valence-corrected chi connectivity index (χ1v) is 7.49. The second kappa shape index (κ2) is 7.17. The molecule has 5 heteroatoms. The number of benzene rings is 1. The van der Waals surface area contributed by atoms with Gasteiger partial charge in [-0.15, -0.1) is 11.3 Å². The third kappa shape index (κ3) is 3.88. The standard InChI is InChI=1S/C15H18N2O2S/c1-2-12-14(15(18)19)20-13(17-12)8-9-16-10-11-6-4-3-5-7-11/h3-7,16H,2,8-10H2,1H3,(H,18,19). The molecule has 0 unspecified atom stereocenters. The minimum atomic E-state index is -0.872. The summed E-state index contributed by atoms with van der Waals surface area (Å²) in [6.07, 6.45) is 1.42. The van der Waals surface area contributed by atoms with Crippen LogP contribution in [0.5, 0.6) is 0 Å². The van der Waals surface area contributed by atoms with Crippen LogP contribution >= 0.6 is 11.3 Å². The number of carboxylic acids is 1. The van der Waals surface area contributed by atoms with Gasteiger partial charge in [-0.2, -0.15) is 0 Å². The summed E-state index contributed by atoms with van der Waals surface area (Å²) in [6.45, 7) is 3.54. The van der Waals surface area contributed by atoms with Crippen molar-refractivity contribution in [1.82, 2.24) is 10.3 Å². The molecule has 1 aromatic heterocycles. The molecule has 0 amide bonds. The Labute approximate surface area is 122 Å². The Balaban J connectivity index is 1.84. The first-order valence-electron chi connectivity index (χ1n) is 6.67. The van der Waals surface area contributed by atoms with E-state index in [-0.39, 0.29) is 0 Å². The summed E-state index contributed by atoms with van der Waals surface area (Å²) in [4.78, 5) is 15.8. The number of hydrogen-bond acceptors (Lipinski definition) is 4. The maximum atomic E-state index is 11.1. The average Bonchev–Trinajstić information content (AvgIpc) is 2.88. The van der Waals surface area contributed by atoms with Gasteiger partial charge in [0, 0.05) is 19.5 Å². The van der Waals surface area contributed by atoms with Crippen LogP contribution in [0.2, 0.25) is 0 Å². The minimum absolute atomic E-state index is 0.380. The second-order valence-electron chi connectivity index (χ2n) is 4.45. The monoisotopic (exact) mass is 290 g/mol. The zero-order chi connectivity index (χ0) is 14.4. The molecule has 106 valence electrons. The van der Waals surface area contributed by atoms with E-state index in [9.17, 15) is 4.79 Å². The lowest BCUT2D eigenvalue weighted by Gasteiger charge is -2.03. The van der Waals surface area contributed by atoms with Crippen LogP contribution in [0.15, 0.2) is 30.3 Å². The zero-order valence-electron chi connectivity index (χ0n) is 11.4. The number of nitrogens with zero attached hydrogens (tertiary/aromatic N) is 1. The Morgan fingerprint density at radius 2 is 2.10 bits per heavy atom. The molecule has 0 saturated carbocycles. The first-order chi connectivity index (χ1) is 9.70. The van der Waals surface area contributed by atoms with Crippen molar-refractivity contribution < 1.29 is 9.90 Å². The fourth-order valence-corrected chi connectivity index (χ4v) is 2.93. The quantitative estimate of drug-likeness (QED) is 0.770.